The molecule has 118 valence electrons. The molecule has 0 saturated carbocycles. The molecule has 0 aliphatic rings. The van der Waals surface area contributed by atoms with E-state index in [9.17, 15) is 4.79 Å². The Balaban J connectivity index is 2.11. The first-order valence-corrected chi connectivity index (χ1v) is 7.79. The molecule has 0 aromatic heterocycles. The molecule has 0 saturated heterocycles. The molecule has 0 heterocycles. The third-order valence-electron chi connectivity index (χ3n) is 3.25. The molecule has 0 aliphatic carbocycles. The minimum Gasteiger partial charge on any atom is -0.493 e. The number of benzene rings is 1. The first-order valence-electron chi connectivity index (χ1n) is 7.79. The van der Waals surface area contributed by atoms with Gasteiger partial charge in [0.25, 0.3) is 0 Å². The summed E-state index contributed by atoms with van der Waals surface area (Å²) in [5.74, 6) is 0.512. The molecule has 1 aromatic rings. The second-order valence-electron chi connectivity index (χ2n) is 5.32. The van der Waals surface area contributed by atoms with Crippen LogP contribution in [0.4, 0.5) is 5.69 Å². The predicted molar refractivity (Wildman–Crippen MR) is 85.3 cm³/mol. The summed E-state index contributed by atoms with van der Waals surface area (Å²) in [6.07, 6.45) is 5.98. The van der Waals surface area contributed by atoms with Crippen molar-refractivity contribution in [1.82, 2.24) is 0 Å². The van der Waals surface area contributed by atoms with Gasteiger partial charge in [-0.05, 0) is 44.0 Å². The first-order chi connectivity index (χ1) is 10.1. The Bertz CT molecular complexity index is 403. The second-order valence-corrected chi connectivity index (χ2v) is 5.32. The molecule has 21 heavy (non-hydrogen) atoms. The maximum absolute atomic E-state index is 11.7. The van der Waals surface area contributed by atoms with Gasteiger partial charge in [-0.3, -0.25) is 4.79 Å². The number of rotatable bonds is 10. The van der Waals surface area contributed by atoms with Crippen molar-refractivity contribution >= 4 is 11.7 Å². The molecular formula is C17H27NO3. The average molecular weight is 293 g/mol. The number of esters is 1. The van der Waals surface area contributed by atoms with Crippen molar-refractivity contribution < 1.29 is 14.3 Å². The molecule has 0 fully saturated rings. The van der Waals surface area contributed by atoms with Crippen LogP contribution in [0.25, 0.3) is 0 Å². The van der Waals surface area contributed by atoms with E-state index in [-0.39, 0.29) is 18.5 Å². The van der Waals surface area contributed by atoms with E-state index in [2.05, 4.69) is 6.92 Å². The molecule has 0 spiro atoms. The van der Waals surface area contributed by atoms with Crippen LogP contribution in [-0.2, 0) is 9.53 Å². The van der Waals surface area contributed by atoms with Crippen LogP contribution in [-0.4, -0.2) is 18.7 Å². The number of ether oxygens (including phenoxy) is 2. The number of hydrogen-bond donors (Lipinski definition) is 1. The highest BCUT2D eigenvalue weighted by Gasteiger charge is 2.09. The Morgan fingerprint density at radius 3 is 2.57 bits per heavy atom. The van der Waals surface area contributed by atoms with Gasteiger partial charge in [0, 0.05) is 5.69 Å². The van der Waals surface area contributed by atoms with E-state index in [1.807, 2.05) is 6.92 Å². The van der Waals surface area contributed by atoms with Crippen molar-refractivity contribution in [2.24, 2.45) is 0 Å². The number of nitrogens with two attached hydrogens (primary N) is 1. The summed E-state index contributed by atoms with van der Waals surface area (Å²) in [4.78, 5) is 11.7. The van der Waals surface area contributed by atoms with Crippen molar-refractivity contribution in [1.29, 1.82) is 0 Å². The molecule has 0 aliphatic heterocycles. The summed E-state index contributed by atoms with van der Waals surface area (Å²) in [7, 11) is 0. The molecule has 0 bridgehead atoms. The van der Waals surface area contributed by atoms with Crippen molar-refractivity contribution in [3.8, 4) is 5.75 Å². The Morgan fingerprint density at radius 2 is 1.90 bits per heavy atom. The van der Waals surface area contributed by atoms with Crippen molar-refractivity contribution in [2.45, 2.75) is 58.5 Å². The number of carbonyl (C=O) groups excluding carboxylic acids is 1. The van der Waals surface area contributed by atoms with Crippen LogP contribution in [0.1, 0.15) is 52.4 Å². The fraction of sp³-hybridized carbons (Fsp3) is 0.588. The zero-order valence-electron chi connectivity index (χ0n) is 13.1. The number of hydrogen-bond acceptors (Lipinski definition) is 4. The fourth-order valence-corrected chi connectivity index (χ4v) is 2.02. The lowest BCUT2D eigenvalue weighted by Crippen LogP contribution is -2.17. The van der Waals surface area contributed by atoms with Crippen LogP contribution in [0, 0.1) is 0 Å². The summed E-state index contributed by atoms with van der Waals surface area (Å²) in [6, 6.07) is 7.12. The summed E-state index contributed by atoms with van der Waals surface area (Å²) in [5, 5.41) is 0. The van der Waals surface area contributed by atoms with E-state index >= 15 is 0 Å². The van der Waals surface area contributed by atoms with E-state index in [1.165, 1.54) is 19.3 Å². The van der Waals surface area contributed by atoms with E-state index < -0.39 is 0 Å². The third kappa shape index (κ3) is 8.23. The lowest BCUT2D eigenvalue weighted by molar-refractivity contribution is -0.149. The van der Waals surface area contributed by atoms with Crippen LogP contribution in [0.3, 0.4) is 0 Å². The fourth-order valence-electron chi connectivity index (χ4n) is 2.02. The molecule has 1 rings (SSSR count). The Morgan fingerprint density at radius 1 is 1.19 bits per heavy atom. The quantitative estimate of drug-likeness (QED) is 0.403. The number of carbonyl (C=O) groups is 1. The van der Waals surface area contributed by atoms with Crippen molar-refractivity contribution in [3.63, 3.8) is 0 Å². The lowest BCUT2D eigenvalue weighted by atomic mass is 10.1. The molecule has 1 aromatic carbocycles. The summed E-state index contributed by atoms with van der Waals surface area (Å²) < 4.78 is 10.8. The van der Waals surface area contributed by atoms with Gasteiger partial charge in [-0.2, -0.15) is 0 Å². The zero-order valence-corrected chi connectivity index (χ0v) is 13.1. The monoisotopic (exact) mass is 293 g/mol. The maximum Gasteiger partial charge on any atom is 0.309 e. The molecule has 1 atom stereocenters. The predicted octanol–water partition coefficient (Wildman–Crippen LogP) is 3.94. The van der Waals surface area contributed by atoms with Crippen molar-refractivity contribution in [3.05, 3.63) is 24.3 Å². The minimum atomic E-state index is -0.201. The van der Waals surface area contributed by atoms with Gasteiger partial charge in [0.15, 0.2) is 0 Å². The van der Waals surface area contributed by atoms with E-state index in [0.29, 0.717) is 18.0 Å². The Hall–Kier alpha value is -1.71. The summed E-state index contributed by atoms with van der Waals surface area (Å²) in [5.41, 5.74) is 6.28. The van der Waals surface area contributed by atoms with Gasteiger partial charge >= 0.3 is 5.97 Å². The molecule has 1 unspecified atom stereocenters. The average Bonchev–Trinajstić information content (AvgIpc) is 2.46. The topological polar surface area (TPSA) is 61.5 Å². The minimum absolute atomic E-state index is 0.00844. The standard InChI is InChI=1S/C17H27NO3/c1-3-4-5-6-7-14(2)21-17(19)12-13-20-16-10-8-15(18)9-11-16/h8-11,14H,3-7,12-13,18H2,1-2H3. The van der Waals surface area contributed by atoms with Gasteiger partial charge in [-0.1, -0.05) is 26.2 Å². The summed E-state index contributed by atoms with van der Waals surface area (Å²) >= 11 is 0. The normalized spacial score (nSPS) is 11.9. The zero-order chi connectivity index (χ0) is 15.5. The maximum atomic E-state index is 11.7. The largest absolute Gasteiger partial charge is 0.493 e. The van der Waals surface area contributed by atoms with Gasteiger partial charge in [-0.15, -0.1) is 0 Å². The highest BCUT2D eigenvalue weighted by molar-refractivity contribution is 5.69. The molecule has 4 nitrogen and oxygen atoms in total. The van der Waals surface area contributed by atoms with E-state index in [0.717, 1.165) is 12.8 Å². The van der Waals surface area contributed by atoms with Crippen LogP contribution in [0.15, 0.2) is 24.3 Å². The smallest absolute Gasteiger partial charge is 0.309 e. The van der Waals surface area contributed by atoms with Gasteiger partial charge in [-0.25, -0.2) is 0 Å². The molecule has 0 radical (unpaired) electrons. The van der Waals surface area contributed by atoms with Crippen LogP contribution < -0.4 is 10.5 Å². The SMILES string of the molecule is CCCCCCC(C)OC(=O)CCOc1ccc(N)cc1. The highest BCUT2D eigenvalue weighted by Crippen LogP contribution is 2.13. The first kappa shape index (κ1) is 17.3. The number of anilines is 1. The summed E-state index contributed by atoms with van der Waals surface area (Å²) in [6.45, 7) is 4.46. The molecule has 0 amide bonds. The number of unbranched alkanes of at least 4 members (excludes halogenated alkanes) is 3. The number of nitrogen functional groups attached to an aromatic ring is 1. The molecular weight excluding hydrogens is 266 g/mol. The second kappa shape index (κ2) is 10.1. The van der Waals surface area contributed by atoms with E-state index in [1.54, 1.807) is 24.3 Å². The third-order valence-corrected chi connectivity index (χ3v) is 3.25. The van der Waals surface area contributed by atoms with Gasteiger partial charge < -0.3 is 15.2 Å². The Labute approximate surface area is 127 Å². The van der Waals surface area contributed by atoms with Crippen LogP contribution in [0.5, 0.6) is 5.75 Å². The van der Waals surface area contributed by atoms with E-state index in [4.69, 9.17) is 15.2 Å². The van der Waals surface area contributed by atoms with Crippen LogP contribution >= 0.6 is 0 Å². The van der Waals surface area contributed by atoms with Crippen LogP contribution in [0.2, 0.25) is 0 Å². The molecule has 4 heteroatoms. The highest BCUT2D eigenvalue weighted by atomic mass is 16.5. The van der Waals surface area contributed by atoms with Crippen molar-refractivity contribution in [2.75, 3.05) is 12.3 Å². The lowest BCUT2D eigenvalue weighted by Gasteiger charge is -2.13. The molecule has 2 N–H and O–H groups in total. The van der Waals surface area contributed by atoms with Gasteiger partial charge in [0.05, 0.1) is 19.1 Å². The van der Waals surface area contributed by atoms with Gasteiger partial charge in [0.1, 0.15) is 5.75 Å². The van der Waals surface area contributed by atoms with Gasteiger partial charge in [0.2, 0.25) is 0 Å². The Kier molecular flexibility index (Phi) is 8.32.